The van der Waals surface area contributed by atoms with Gasteiger partial charge in [0, 0.05) is 0 Å². The van der Waals surface area contributed by atoms with Gasteiger partial charge in [0.25, 0.3) is 12.0 Å². The molecule has 4 nitrogen and oxygen atoms in total. The van der Waals surface area contributed by atoms with Crippen LogP contribution in [-0.4, -0.2) is 18.1 Å². The first-order chi connectivity index (χ1) is 7.45. The van der Waals surface area contributed by atoms with Crippen LogP contribution in [0, 0.1) is 3.70 Å². The minimum absolute atomic E-state index is 0.00463. The second-order valence-electron chi connectivity index (χ2n) is 2.94. The molecule has 1 heterocycles. The number of nitrogens with one attached hydrogen (secondary N) is 1. The predicted molar refractivity (Wildman–Crippen MR) is 60.5 cm³/mol. The van der Waals surface area contributed by atoms with Crippen LogP contribution in [0.1, 0.15) is 17.6 Å². The predicted octanol–water partition coefficient (Wildman–Crippen LogP) is 1.63. The molecule has 0 spiro atoms. The van der Waals surface area contributed by atoms with Crippen LogP contribution in [0.25, 0.3) is 0 Å². The lowest BCUT2D eigenvalue weighted by Crippen LogP contribution is -2.19. The van der Waals surface area contributed by atoms with Crippen molar-refractivity contribution in [1.29, 1.82) is 0 Å². The molecule has 7 heteroatoms. The lowest BCUT2D eigenvalue weighted by molar-refractivity contribution is -0.139. The third kappa shape index (κ3) is 3.00. The highest BCUT2D eigenvalue weighted by Crippen LogP contribution is 2.20. The van der Waals surface area contributed by atoms with Gasteiger partial charge >= 0.3 is 5.97 Å². The van der Waals surface area contributed by atoms with E-state index in [-0.39, 0.29) is 12.0 Å². The molecule has 0 radical (unpaired) electrons. The number of esters is 1. The lowest BCUT2D eigenvalue weighted by atomic mass is 10.1. The number of carbonyl (C=O) groups is 1. The monoisotopic (exact) mass is 343 g/mol. The van der Waals surface area contributed by atoms with E-state index >= 15 is 0 Å². The number of halogens is 3. The molecule has 0 amide bonds. The highest BCUT2D eigenvalue weighted by atomic mass is 127. The van der Waals surface area contributed by atoms with Crippen molar-refractivity contribution in [3.8, 4) is 0 Å². The molecule has 0 fully saturated rings. The van der Waals surface area contributed by atoms with Gasteiger partial charge in [0.05, 0.1) is 22.8 Å². The first-order valence-corrected chi connectivity index (χ1v) is 5.30. The third-order valence-electron chi connectivity index (χ3n) is 1.91. The van der Waals surface area contributed by atoms with Gasteiger partial charge in [-0.25, -0.2) is 8.78 Å². The number of rotatable bonds is 3. The van der Waals surface area contributed by atoms with Crippen LogP contribution in [-0.2, 0) is 16.0 Å². The van der Waals surface area contributed by atoms with Gasteiger partial charge in [0.1, 0.15) is 0 Å². The van der Waals surface area contributed by atoms with Gasteiger partial charge < -0.3 is 9.72 Å². The number of carbonyl (C=O) groups excluding carboxylic acids is 1. The highest BCUT2D eigenvalue weighted by Gasteiger charge is 2.20. The van der Waals surface area contributed by atoms with E-state index in [4.69, 9.17) is 0 Å². The fraction of sp³-hybridized carbons (Fsp3) is 0.333. The van der Waals surface area contributed by atoms with Crippen LogP contribution >= 0.6 is 22.6 Å². The Morgan fingerprint density at radius 2 is 2.25 bits per heavy atom. The van der Waals surface area contributed by atoms with Gasteiger partial charge in [-0.3, -0.25) is 9.59 Å². The van der Waals surface area contributed by atoms with Crippen molar-refractivity contribution < 1.29 is 18.3 Å². The molecule has 1 N–H and O–H groups in total. The van der Waals surface area contributed by atoms with Crippen LogP contribution in [0.4, 0.5) is 8.78 Å². The van der Waals surface area contributed by atoms with Crippen molar-refractivity contribution in [3.63, 3.8) is 0 Å². The zero-order chi connectivity index (χ0) is 12.3. The molecule has 88 valence electrons. The molecule has 0 saturated carbocycles. The van der Waals surface area contributed by atoms with E-state index in [1.807, 2.05) is 0 Å². The quantitative estimate of drug-likeness (QED) is 0.516. The maximum atomic E-state index is 12.6. The van der Waals surface area contributed by atoms with Crippen LogP contribution in [0.5, 0.6) is 0 Å². The fourth-order valence-corrected chi connectivity index (χ4v) is 1.82. The van der Waals surface area contributed by atoms with Gasteiger partial charge in [-0.15, -0.1) is 0 Å². The van der Waals surface area contributed by atoms with Gasteiger partial charge in [-0.05, 0) is 34.2 Å². The van der Waals surface area contributed by atoms with Crippen molar-refractivity contribution in [1.82, 2.24) is 4.98 Å². The zero-order valence-electron chi connectivity index (χ0n) is 8.22. The second-order valence-corrected chi connectivity index (χ2v) is 4.10. The van der Waals surface area contributed by atoms with Gasteiger partial charge in [0.2, 0.25) is 0 Å². The van der Waals surface area contributed by atoms with Crippen molar-refractivity contribution in [2.24, 2.45) is 0 Å². The van der Waals surface area contributed by atoms with Crippen molar-refractivity contribution >= 4 is 28.6 Å². The van der Waals surface area contributed by atoms with Gasteiger partial charge in [-0.2, -0.15) is 0 Å². The van der Waals surface area contributed by atoms with Gasteiger partial charge in [-0.1, -0.05) is 0 Å². The number of hydrogen-bond donors (Lipinski definition) is 1. The highest BCUT2D eigenvalue weighted by molar-refractivity contribution is 14.1. The van der Waals surface area contributed by atoms with Gasteiger partial charge in [0.15, 0.2) is 0 Å². The summed E-state index contributed by atoms with van der Waals surface area (Å²) in [6, 6.07) is 1.33. The SMILES string of the molecule is COC(=O)Cc1cc(I)[nH]c(=O)c1C(F)F. The molecule has 0 aliphatic heterocycles. The number of aromatic amines is 1. The molecule has 16 heavy (non-hydrogen) atoms. The Kier molecular flexibility index (Phi) is 4.39. The van der Waals surface area contributed by atoms with Crippen molar-refractivity contribution in [2.75, 3.05) is 7.11 Å². The van der Waals surface area contributed by atoms with E-state index in [0.717, 1.165) is 7.11 Å². The third-order valence-corrected chi connectivity index (χ3v) is 2.49. The first kappa shape index (κ1) is 13.1. The topological polar surface area (TPSA) is 59.2 Å². The van der Waals surface area contributed by atoms with Crippen LogP contribution in [0.15, 0.2) is 10.9 Å². The molecule has 1 aromatic heterocycles. The summed E-state index contributed by atoms with van der Waals surface area (Å²) < 4.78 is 30.0. The molecule has 0 aromatic carbocycles. The Labute approximate surface area is 103 Å². The molecule has 0 aliphatic rings. The minimum atomic E-state index is -2.92. The number of pyridine rings is 1. The summed E-state index contributed by atoms with van der Waals surface area (Å²) in [5, 5.41) is 0. The maximum Gasteiger partial charge on any atom is 0.309 e. The first-order valence-electron chi connectivity index (χ1n) is 4.22. The summed E-state index contributed by atoms with van der Waals surface area (Å²) in [5.41, 5.74) is -1.55. The summed E-state index contributed by atoms with van der Waals surface area (Å²) in [6.45, 7) is 0. The second kappa shape index (κ2) is 5.37. The summed E-state index contributed by atoms with van der Waals surface area (Å²) in [7, 11) is 1.16. The van der Waals surface area contributed by atoms with Crippen LogP contribution < -0.4 is 5.56 Å². The number of alkyl halides is 2. The summed E-state index contributed by atoms with van der Waals surface area (Å²) in [4.78, 5) is 24.5. The zero-order valence-corrected chi connectivity index (χ0v) is 10.4. The maximum absolute atomic E-state index is 12.6. The average molecular weight is 343 g/mol. The molecule has 0 unspecified atom stereocenters. The van der Waals surface area contributed by atoms with E-state index in [2.05, 4.69) is 9.72 Å². The largest absolute Gasteiger partial charge is 0.469 e. The number of hydrogen-bond acceptors (Lipinski definition) is 3. The Hall–Kier alpha value is -0.990. The normalized spacial score (nSPS) is 10.6. The summed E-state index contributed by atoms with van der Waals surface area (Å²) >= 11 is 1.78. The number of H-pyrrole nitrogens is 1. The van der Waals surface area contributed by atoms with Crippen LogP contribution in [0.3, 0.4) is 0 Å². The standard InChI is InChI=1S/C9H8F2INO3/c1-16-6(14)3-4-2-5(12)13-9(15)7(4)8(10)11/h2,8H,3H2,1H3,(H,13,15). The number of ether oxygens (including phenoxy) is 1. The molecule has 0 saturated heterocycles. The van der Waals surface area contributed by atoms with E-state index in [1.165, 1.54) is 6.07 Å². The molecule has 1 aromatic rings. The Morgan fingerprint density at radius 1 is 1.62 bits per heavy atom. The van der Waals surface area contributed by atoms with E-state index in [1.54, 1.807) is 22.6 Å². The Balaban J connectivity index is 3.24. The van der Waals surface area contributed by atoms with E-state index < -0.39 is 23.5 Å². The smallest absolute Gasteiger partial charge is 0.309 e. The summed E-state index contributed by atoms with van der Waals surface area (Å²) in [6.07, 6.45) is -3.25. The van der Waals surface area contributed by atoms with Crippen LogP contribution in [0.2, 0.25) is 0 Å². The minimum Gasteiger partial charge on any atom is -0.469 e. The summed E-state index contributed by atoms with van der Waals surface area (Å²) in [5.74, 6) is -0.664. The van der Waals surface area contributed by atoms with Crippen molar-refractivity contribution in [3.05, 3.63) is 31.2 Å². The van der Waals surface area contributed by atoms with E-state index in [0.29, 0.717) is 3.70 Å². The molecule has 0 atom stereocenters. The molecule has 0 aliphatic carbocycles. The number of methoxy groups -OCH3 is 1. The molecular weight excluding hydrogens is 335 g/mol. The van der Waals surface area contributed by atoms with Crippen molar-refractivity contribution in [2.45, 2.75) is 12.8 Å². The van der Waals surface area contributed by atoms with E-state index in [9.17, 15) is 18.4 Å². The molecule has 1 rings (SSSR count). The molecular formula is C9H8F2INO3. The fourth-order valence-electron chi connectivity index (χ4n) is 1.20. The molecule has 0 bridgehead atoms. The Morgan fingerprint density at radius 3 is 2.75 bits per heavy atom. The lowest BCUT2D eigenvalue weighted by Gasteiger charge is -2.07. The number of aromatic nitrogens is 1. The average Bonchev–Trinajstić information content (AvgIpc) is 2.15. The Bertz CT molecular complexity index is 459.